The first-order chi connectivity index (χ1) is 10.5. The van der Waals surface area contributed by atoms with Crippen LogP contribution in [0.15, 0.2) is 36.4 Å². The highest BCUT2D eigenvalue weighted by Crippen LogP contribution is 2.27. The molecular weight excluding hydrogens is 343 g/mol. The van der Waals surface area contributed by atoms with Crippen LogP contribution in [0.2, 0.25) is 10.0 Å². The Kier molecular flexibility index (Phi) is 5.71. The molecule has 0 bridgehead atoms. The summed E-state index contributed by atoms with van der Waals surface area (Å²) >= 11 is 17.1. The highest BCUT2D eigenvalue weighted by atomic mass is 35.5. The highest BCUT2D eigenvalue weighted by Gasteiger charge is 2.05. The molecule has 0 aliphatic rings. The van der Waals surface area contributed by atoms with Gasteiger partial charge >= 0.3 is 0 Å². The molecule has 0 atom stereocenters. The summed E-state index contributed by atoms with van der Waals surface area (Å²) in [6.07, 6.45) is 0. The normalized spacial score (nSPS) is 10.0. The third-order valence-electron chi connectivity index (χ3n) is 2.79. The molecule has 2 aromatic carbocycles. The van der Waals surface area contributed by atoms with Crippen molar-refractivity contribution >= 4 is 51.9 Å². The number of nitrogens with one attached hydrogen (secondary N) is 2. The summed E-state index contributed by atoms with van der Waals surface area (Å²) in [7, 11) is 3.18. The van der Waals surface area contributed by atoms with Gasteiger partial charge in [-0.05, 0) is 30.4 Å². The Morgan fingerprint density at radius 2 is 1.45 bits per heavy atom. The van der Waals surface area contributed by atoms with Gasteiger partial charge in [0.2, 0.25) is 0 Å². The average molecular weight is 357 g/mol. The number of methoxy groups -OCH3 is 2. The van der Waals surface area contributed by atoms with Crippen molar-refractivity contribution in [3.05, 3.63) is 46.4 Å². The van der Waals surface area contributed by atoms with Gasteiger partial charge in [-0.2, -0.15) is 0 Å². The average Bonchev–Trinajstić information content (AvgIpc) is 2.50. The second-order valence-electron chi connectivity index (χ2n) is 4.31. The number of benzene rings is 2. The van der Waals surface area contributed by atoms with Gasteiger partial charge in [0.05, 0.1) is 24.3 Å². The van der Waals surface area contributed by atoms with Gasteiger partial charge in [0.1, 0.15) is 11.5 Å². The third kappa shape index (κ3) is 4.40. The summed E-state index contributed by atoms with van der Waals surface area (Å²) in [5.41, 5.74) is 1.48. The van der Waals surface area contributed by atoms with Crippen molar-refractivity contribution in [3.8, 4) is 11.5 Å². The SMILES string of the molecule is COc1cc(NC(=S)Nc2ccc(Cl)c(Cl)c2)cc(OC)c1. The summed E-state index contributed by atoms with van der Waals surface area (Å²) in [5, 5.41) is 7.44. The lowest BCUT2D eigenvalue weighted by Gasteiger charge is -2.13. The Hall–Kier alpha value is -1.69. The largest absolute Gasteiger partial charge is 0.497 e. The first-order valence-corrected chi connectivity index (χ1v) is 7.44. The molecule has 0 aliphatic carbocycles. The topological polar surface area (TPSA) is 42.5 Å². The van der Waals surface area contributed by atoms with Gasteiger partial charge in [-0.3, -0.25) is 0 Å². The smallest absolute Gasteiger partial charge is 0.175 e. The molecule has 116 valence electrons. The maximum absolute atomic E-state index is 5.97. The number of halogens is 2. The van der Waals surface area contributed by atoms with E-state index in [2.05, 4.69) is 10.6 Å². The van der Waals surface area contributed by atoms with Crippen LogP contribution in [0.1, 0.15) is 0 Å². The van der Waals surface area contributed by atoms with E-state index in [-0.39, 0.29) is 0 Å². The van der Waals surface area contributed by atoms with Crippen molar-refractivity contribution in [2.24, 2.45) is 0 Å². The maximum Gasteiger partial charge on any atom is 0.175 e. The molecule has 2 rings (SSSR count). The Morgan fingerprint density at radius 3 is 2.00 bits per heavy atom. The minimum atomic E-state index is 0.411. The third-order valence-corrected chi connectivity index (χ3v) is 3.73. The fourth-order valence-electron chi connectivity index (χ4n) is 1.75. The van der Waals surface area contributed by atoms with Crippen LogP contribution in [-0.4, -0.2) is 19.3 Å². The monoisotopic (exact) mass is 356 g/mol. The first kappa shape index (κ1) is 16.7. The molecule has 2 aromatic rings. The van der Waals surface area contributed by atoms with E-state index in [1.54, 1.807) is 38.5 Å². The lowest BCUT2D eigenvalue weighted by Crippen LogP contribution is -2.19. The second-order valence-corrected chi connectivity index (χ2v) is 5.53. The molecule has 7 heteroatoms. The van der Waals surface area contributed by atoms with E-state index in [9.17, 15) is 0 Å². The van der Waals surface area contributed by atoms with Gasteiger partial charge in [0.25, 0.3) is 0 Å². The molecule has 22 heavy (non-hydrogen) atoms. The summed E-state index contributed by atoms with van der Waals surface area (Å²) in [4.78, 5) is 0. The van der Waals surface area contributed by atoms with Crippen LogP contribution in [0, 0.1) is 0 Å². The number of thiocarbonyl (C=S) groups is 1. The molecule has 0 saturated heterocycles. The standard InChI is InChI=1S/C15H14Cl2N2O2S/c1-20-11-5-10(6-12(8-11)21-2)19-15(22)18-9-3-4-13(16)14(17)7-9/h3-8H,1-2H3,(H2,18,19,22). The van der Waals surface area contributed by atoms with Gasteiger partial charge in [-0.15, -0.1) is 0 Å². The number of rotatable bonds is 4. The number of ether oxygens (including phenoxy) is 2. The fourth-order valence-corrected chi connectivity index (χ4v) is 2.28. The van der Waals surface area contributed by atoms with Crippen molar-refractivity contribution < 1.29 is 9.47 Å². The minimum Gasteiger partial charge on any atom is -0.497 e. The maximum atomic E-state index is 5.97. The molecule has 0 aliphatic heterocycles. The molecule has 0 amide bonds. The van der Waals surface area contributed by atoms with Crippen molar-refractivity contribution in [2.45, 2.75) is 0 Å². The van der Waals surface area contributed by atoms with Crippen molar-refractivity contribution in [3.63, 3.8) is 0 Å². The molecule has 0 unspecified atom stereocenters. The van der Waals surface area contributed by atoms with Gasteiger partial charge in [-0.1, -0.05) is 23.2 Å². The van der Waals surface area contributed by atoms with Crippen LogP contribution < -0.4 is 20.1 Å². The molecule has 0 aromatic heterocycles. The summed E-state index contributed by atoms with van der Waals surface area (Å²) in [6.45, 7) is 0. The molecule has 0 radical (unpaired) electrons. The number of anilines is 2. The lowest BCUT2D eigenvalue weighted by atomic mass is 10.3. The van der Waals surface area contributed by atoms with Gasteiger partial charge in [0, 0.05) is 29.6 Å². The van der Waals surface area contributed by atoms with E-state index in [1.807, 2.05) is 12.1 Å². The van der Waals surface area contributed by atoms with E-state index in [0.29, 0.717) is 26.7 Å². The number of hydrogen-bond acceptors (Lipinski definition) is 3. The van der Waals surface area contributed by atoms with E-state index in [4.69, 9.17) is 44.9 Å². The van der Waals surface area contributed by atoms with Crippen LogP contribution in [-0.2, 0) is 0 Å². The van der Waals surface area contributed by atoms with Gasteiger partial charge in [0.15, 0.2) is 5.11 Å². The molecule has 0 heterocycles. The van der Waals surface area contributed by atoms with Crippen molar-refractivity contribution in [1.82, 2.24) is 0 Å². The van der Waals surface area contributed by atoms with Crippen molar-refractivity contribution in [1.29, 1.82) is 0 Å². The van der Waals surface area contributed by atoms with Crippen LogP contribution >= 0.6 is 35.4 Å². The quantitative estimate of drug-likeness (QED) is 0.768. The fraction of sp³-hybridized carbons (Fsp3) is 0.133. The van der Waals surface area contributed by atoms with Crippen LogP contribution in [0.4, 0.5) is 11.4 Å². The van der Waals surface area contributed by atoms with Crippen molar-refractivity contribution in [2.75, 3.05) is 24.9 Å². The van der Waals surface area contributed by atoms with Crippen LogP contribution in [0.3, 0.4) is 0 Å². The van der Waals surface area contributed by atoms with E-state index >= 15 is 0 Å². The van der Waals surface area contributed by atoms with Crippen LogP contribution in [0.5, 0.6) is 11.5 Å². The molecule has 0 fully saturated rings. The second kappa shape index (κ2) is 7.54. The molecule has 2 N–H and O–H groups in total. The highest BCUT2D eigenvalue weighted by molar-refractivity contribution is 7.80. The zero-order chi connectivity index (χ0) is 16.1. The Labute approximate surface area is 144 Å². The molecule has 0 saturated carbocycles. The molecular formula is C15H14Cl2N2O2S. The first-order valence-electron chi connectivity index (χ1n) is 6.28. The Balaban J connectivity index is 2.09. The molecule has 0 spiro atoms. The predicted octanol–water partition coefficient (Wildman–Crippen LogP) is 4.82. The Morgan fingerprint density at radius 1 is 0.864 bits per heavy atom. The number of hydrogen-bond donors (Lipinski definition) is 2. The van der Waals surface area contributed by atoms with E-state index in [0.717, 1.165) is 11.4 Å². The Bertz CT molecular complexity index is 673. The van der Waals surface area contributed by atoms with E-state index < -0.39 is 0 Å². The minimum absolute atomic E-state index is 0.411. The van der Waals surface area contributed by atoms with Gasteiger partial charge < -0.3 is 20.1 Å². The summed E-state index contributed by atoms with van der Waals surface area (Å²) in [6, 6.07) is 10.6. The summed E-state index contributed by atoms with van der Waals surface area (Å²) in [5.74, 6) is 1.33. The van der Waals surface area contributed by atoms with Crippen LogP contribution in [0.25, 0.3) is 0 Å². The lowest BCUT2D eigenvalue weighted by molar-refractivity contribution is 0.395. The summed E-state index contributed by atoms with van der Waals surface area (Å²) < 4.78 is 10.4. The zero-order valence-electron chi connectivity index (χ0n) is 11.9. The predicted molar refractivity (Wildman–Crippen MR) is 95.9 cm³/mol. The zero-order valence-corrected chi connectivity index (χ0v) is 14.3. The van der Waals surface area contributed by atoms with Gasteiger partial charge in [-0.25, -0.2) is 0 Å². The van der Waals surface area contributed by atoms with E-state index in [1.165, 1.54) is 0 Å². The molecule has 4 nitrogen and oxygen atoms in total.